The molecule has 0 saturated heterocycles. The van der Waals surface area contributed by atoms with Crippen LogP contribution in [0.25, 0.3) is 0 Å². The van der Waals surface area contributed by atoms with Gasteiger partial charge in [0.15, 0.2) is 0 Å². The number of methoxy groups -OCH3 is 1. The highest BCUT2D eigenvalue weighted by Crippen LogP contribution is 2.16. The minimum Gasteiger partial charge on any atom is -0.380 e. The number of nitrogens with zero attached hydrogens (tertiary/aromatic N) is 2. The Morgan fingerprint density at radius 1 is 1.29 bits per heavy atom. The van der Waals surface area contributed by atoms with E-state index in [1.807, 2.05) is 7.11 Å². The Hall–Kier alpha value is -0.870. The maximum Gasteiger partial charge on any atom is 0.0750 e. The first-order valence-electron chi connectivity index (χ1n) is 8.39. The summed E-state index contributed by atoms with van der Waals surface area (Å²) in [5.41, 5.74) is 2.49. The van der Waals surface area contributed by atoms with Gasteiger partial charge in [-0.1, -0.05) is 27.7 Å². The van der Waals surface area contributed by atoms with E-state index >= 15 is 0 Å². The summed E-state index contributed by atoms with van der Waals surface area (Å²) in [6.45, 7) is 12.9. The molecule has 2 unspecified atom stereocenters. The van der Waals surface area contributed by atoms with Gasteiger partial charge < -0.3 is 10.1 Å². The van der Waals surface area contributed by atoms with E-state index in [0.29, 0.717) is 12.0 Å². The molecule has 0 fully saturated rings. The zero-order chi connectivity index (χ0) is 15.8. The van der Waals surface area contributed by atoms with Crippen molar-refractivity contribution < 1.29 is 4.74 Å². The van der Waals surface area contributed by atoms with Crippen LogP contribution in [0.4, 0.5) is 0 Å². The van der Waals surface area contributed by atoms with Crippen LogP contribution in [-0.4, -0.2) is 35.6 Å². The first kappa shape index (κ1) is 18.2. The predicted molar refractivity (Wildman–Crippen MR) is 88.7 cm³/mol. The van der Waals surface area contributed by atoms with Gasteiger partial charge in [0.25, 0.3) is 0 Å². The smallest absolute Gasteiger partial charge is 0.0750 e. The Bertz CT molecular complexity index is 401. The van der Waals surface area contributed by atoms with Gasteiger partial charge in [-0.15, -0.1) is 0 Å². The quantitative estimate of drug-likeness (QED) is 0.721. The van der Waals surface area contributed by atoms with Crippen LogP contribution in [0.15, 0.2) is 6.07 Å². The molecule has 0 aromatic carbocycles. The molecule has 0 radical (unpaired) electrons. The van der Waals surface area contributed by atoms with Gasteiger partial charge in [0.1, 0.15) is 0 Å². The number of ether oxygens (including phenoxy) is 1. The summed E-state index contributed by atoms with van der Waals surface area (Å²) in [5.74, 6) is 0.494. The molecule has 2 atom stereocenters. The number of hydrogen-bond acceptors (Lipinski definition) is 3. The topological polar surface area (TPSA) is 39.1 Å². The van der Waals surface area contributed by atoms with Crippen molar-refractivity contribution in [1.82, 2.24) is 15.1 Å². The van der Waals surface area contributed by atoms with Gasteiger partial charge in [0.2, 0.25) is 0 Å². The Morgan fingerprint density at radius 3 is 2.48 bits per heavy atom. The molecule has 1 aromatic heterocycles. The molecular formula is C17H33N3O. The van der Waals surface area contributed by atoms with E-state index in [1.165, 1.54) is 11.4 Å². The first-order valence-corrected chi connectivity index (χ1v) is 8.39. The third-order valence-corrected chi connectivity index (χ3v) is 3.99. The fourth-order valence-electron chi connectivity index (χ4n) is 2.89. The van der Waals surface area contributed by atoms with Crippen molar-refractivity contribution in [2.24, 2.45) is 5.92 Å². The second kappa shape index (κ2) is 9.21. The Morgan fingerprint density at radius 2 is 2.00 bits per heavy atom. The summed E-state index contributed by atoms with van der Waals surface area (Å²) in [5, 5.41) is 8.32. The van der Waals surface area contributed by atoms with Crippen LogP contribution >= 0.6 is 0 Å². The van der Waals surface area contributed by atoms with Gasteiger partial charge in [-0.05, 0) is 38.3 Å². The van der Waals surface area contributed by atoms with E-state index in [2.05, 4.69) is 55.8 Å². The molecule has 0 amide bonds. The van der Waals surface area contributed by atoms with E-state index in [4.69, 9.17) is 4.74 Å². The van der Waals surface area contributed by atoms with Crippen LogP contribution in [0.5, 0.6) is 0 Å². The van der Waals surface area contributed by atoms with E-state index in [-0.39, 0.29) is 6.10 Å². The zero-order valence-corrected chi connectivity index (χ0v) is 14.6. The summed E-state index contributed by atoms with van der Waals surface area (Å²) in [7, 11) is 1.82. The lowest BCUT2D eigenvalue weighted by atomic mass is 9.95. The molecule has 1 rings (SSSR count). The fourth-order valence-corrected chi connectivity index (χ4v) is 2.89. The second-order valence-corrected chi connectivity index (χ2v) is 6.01. The van der Waals surface area contributed by atoms with Crippen LogP contribution in [0, 0.1) is 5.92 Å². The van der Waals surface area contributed by atoms with Crippen LogP contribution < -0.4 is 5.32 Å². The van der Waals surface area contributed by atoms with Crippen molar-refractivity contribution in [3.05, 3.63) is 17.5 Å². The first-order chi connectivity index (χ1) is 10.1. The fraction of sp³-hybridized carbons (Fsp3) is 0.824. The molecule has 0 aliphatic heterocycles. The van der Waals surface area contributed by atoms with Crippen LogP contribution in [-0.2, 0) is 24.1 Å². The molecule has 122 valence electrons. The van der Waals surface area contributed by atoms with Crippen molar-refractivity contribution in [3.63, 3.8) is 0 Å². The van der Waals surface area contributed by atoms with E-state index < -0.39 is 0 Å². The number of hydrogen-bond donors (Lipinski definition) is 1. The number of aromatic nitrogens is 2. The van der Waals surface area contributed by atoms with E-state index in [9.17, 15) is 0 Å². The summed E-state index contributed by atoms with van der Waals surface area (Å²) < 4.78 is 7.89. The average molecular weight is 295 g/mol. The number of rotatable bonds is 10. The van der Waals surface area contributed by atoms with Gasteiger partial charge in [0, 0.05) is 31.8 Å². The highest BCUT2D eigenvalue weighted by Gasteiger charge is 2.25. The van der Waals surface area contributed by atoms with Gasteiger partial charge in [-0.2, -0.15) is 5.10 Å². The largest absolute Gasteiger partial charge is 0.380 e. The molecule has 0 spiro atoms. The third-order valence-electron chi connectivity index (χ3n) is 3.99. The minimum absolute atomic E-state index is 0.224. The molecule has 21 heavy (non-hydrogen) atoms. The van der Waals surface area contributed by atoms with Crippen molar-refractivity contribution in [3.8, 4) is 0 Å². The number of nitrogens with one attached hydrogen (secondary N) is 1. The molecule has 0 saturated carbocycles. The summed E-state index contributed by atoms with van der Waals surface area (Å²) in [6, 6.07) is 2.58. The lowest BCUT2D eigenvalue weighted by molar-refractivity contribution is 0.0327. The molecule has 1 N–H and O–H groups in total. The SMILES string of the molecule is CCCNC(Cc1cc(CC)nn1CC)C(OC)C(C)C. The molecule has 4 heteroatoms. The van der Waals surface area contributed by atoms with E-state index in [0.717, 1.165) is 32.4 Å². The molecule has 1 aromatic rings. The van der Waals surface area contributed by atoms with Gasteiger partial charge >= 0.3 is 0 Å². The molecule has 0 aliphatic carbocycles. The van der Waals surface area contributed by atoms with Crippen molar-refractivity contribution in [1.29, 1.82) is 0 Å². The monoisotopic (exact) mass is 295 g/mol. The predicted octanol–water partition coefficient (Wildman–Crippen LogP) is 3.05. The van der Waals surface area contributed by atoms with Gasteiger partial charge in [-0.3, -0.25) is 4.68 Å². The van der Waals surface area contributed by atoms with Crippen molar-refractivity contribution in [2.45, 2.75) is 72.6 Å². The lowest BCUT2D eigenvalue weighted by Gasteiger charge is -2.30. The average Bonchev–Trinajstić information content (AvgIpc) is 2.87. The van der Waals surface area contributed by atoms with Gasteiger partial charge in [0.05, 0.1) is 11.8 Å². The Labute approximate surface area is 130 Å². The summed E-state index contributed by atoms with van der Waals surface area (Å²) in [4.78, 5) is 0. The van der Waals surface area contributed by atoms with Gasteiger partial charge in [-0.25, -0.2) is 0 Å². The highest BCUT2D eigenvalue weighted by atomic mass is 16.5. The normalized spacial score (nSPS) is 14.6. The molecule has 1 heterocycles. The minimum atomic E-state index is 0.224. The molecule has 4 nitrogen and oxygen atoms in total. The van der Waals surface area contributed by atoms with Crippen LogP contribution in [0.2, 0.25) is 0 Å². The Kier molecular flexibility index (Phi) is 7.97. The molecule has 0 bridgehead atoms. The molecular weight excluding hydrogens is 262 g/mol. The standard InChI is InChI=1S/C17H33N3O/c1-7-10-18-16(17(21-6)13(4)5)12-15-11-14(8-2)19-20(15)9-3/h11,13,16-18H,7-10,12H2,1-6H3. The number of aryl methyl sites for hydroxylation is 2. The summed E-state index contributed by atoms with van der Waals surface area (Å²) in [6.07, 6.45) is 3.32. The van der Waals surface area contributed by atoms with Crippen LogP contribution in [0.3, 0.4) is 0 Å². The summed E-state index contributed by atoms with van der Waals surface area (Å²) >= 11 is 0. The lowest BCUT2D eigenvalue weighted by Crippen LogP contribution is -2.46. The Balaban J connectivity index is 2.91. The van der Waals surface area contributed by atoms with E-state index in [1.54, 1.807) is 0 Å². The maximum absolute atomic E-state index is 5.76. The maximum atomic E-state index is 5.76. The van der Waals surface area contributed by atoms with Crippen molar-refractivity contribution in [2.75, 3.05) is 13.7 Å². The highest BCUT2D eigenvalue weighted by molar-refractivity contribution is 5.12. The van der Waals surface area contributed by atoms with Crippen LogP contribution in [0.1, 0.15) is 52.4 Å². The second-order valence-electron chi connectivity index (χ2n) is 6.01. The third kappa shape index (κ3) is 5.11. The van der Waals surface area contributed by atoms with Crippen molar-refractivity contribution >= 4 is 0 Å². The molecule has 0 aliphatic rings. The zero-order valence-electron chi connectivity index (χ0n) is 14.6.